The molecule has 1 fully saturated rings. The lowest BCUT2D eigenvalue weighted by Crippen LogP contribution is -2.48. The van der Waals surface area contributed by atoms with E-state index in [9.17, 15) is 8.42 Å². The molecule has 1 aromatic carbocycles. The van der Waals surface area contributed by atoms with Gasteiger partial charge in [0.05, 0.1) is 0 Å². The average molecular weight is 403 g/mol. The number of rotatable bonds is 4. The van der Waals surface area contributed by atoms with Gasteiger partial charge in [0, 0.05) is 32.7 Å². The van der Waals surface area contributed by atoms with E-state index >= 15 is 0 Å². The molecular formula is C16H19ClN2O4S2. The Morgan fingerprint density at radius 2 is 1.80 bits per heavy atom. The average Bonchev–Trinajstić information content (AvgIpc) is 3.27. The van der Waals surface area contributed by atoms with Crippen molar-refractivity contribution in [3.8, 4) is 11.5 Å². The van der Waals surface area contributed by atoms with E-state index in [4.69, 9.17) is 9.47 Å². The van der Waals surface area contributed by atoms with E-state index in [0.717, 1.165) is 36.7 Å². The Morgan fingerprint density at radius 3 is 2.52 bits per heavy atom. The summed E-state index contributed by atoms with van der Waals surface area (Å²) in [6.45, 7) is 3.54. The molecule has 2 aliphatic rings. The number of nitrogens with zero attached hydrogens (tertiary/aromatic N) is 2. The molecule has 0 unspecified atom stereocenters. The lowest BCUT2D eigenvalue weighted by Gasteiger charge is -2.33. The van der Waals surface area contributed by atoms with Crippen LogP contribution in [0.2, 0.25) is 0 Å². The highest BCUT2D eigenvalue weighted by molar-refractivity contribution is 7.91. The third-order valence-corrected chi connectivity index (χ3v) is 7.54. The number of hydrogen-bond donors (Lipinski definition) is 0. The van der Waals surface area contributed by atoms with Gasteiger partial charge in [-0.1, -0.05) is 12.1 Å². The van der Waals surface area contributed by atoms with Crippen LogP contribution in [0, 0.1) is 0 Å². The van der Waals surface area contributed by atoms with Crippen molar-refractivity contribution in [3.63, 3.8) is 0 Å². The highest BCUT2D eigenvalue weighted by Crippen LogP contribution is 2.33. The van der Waals surface area contributed by atoms with Crippen LogP contribution in [0.4, 0.5) is 0 Å². The fourth-order valence-electron chi connectivity index (χ4n) is 2.96. The first kappa shape index (κ1) is 18.5. The van der Waals surface area contributed by atoms with E-state index in [1.165, 1.54) is 11.3 Å². The molecule has 6 nitrogen and oxygen atoms in total. The maximum atomic E-state index is 12.5. The number of sulfonamides is 1. The zero-order valence-corrected chi connectivity index (χ0v) is 15.9. The number of halogens is 1. The topological polar surface area (TPSA) is 59.1 Å². The van der Waals surface area contributed by atoms with Gasteiger partial charge in [-0.25, -0.2) is 8.42 Å². The number of hydrogen-bond acceptors (Lipinski definition) is 6. The van der Waals surface area contributed by atoms with Crippen LogP contribution in [0.15, 0.2) is 39.9 Å². The van der Waals surface area contributed by atoms with E-state index in [0.29, 0.717) is 17.3 Å². The van der Waals surface area contributed by atoms with Crippen LogP contribution in [-0.2, 0) is 16.6 Å². The van der Waals surface area contributed by atoms with Crippen molar-refractivity contribution >= 4 is 33.8 Å². The quantitative estimate of drug-likeness (QED) is 0.786. The predicted molar refractivity (Wildman–Crippen MR) is 98.2 cm³/mol. The van der Waals surface area contributed by atoms with Crippen molar-refractivity contribution < 1.29 is 17.9 Å². The largest absolute Gasteiger partial charge is 0.454 e. The van der Waals surface area contributed by atoms with Gasteiger partial charge in [0.15, 0.2) is 11.5 Å². The lowest BCUT2D eigenvalue weighted by molar-refractivity contribution is 0.173. The summed E-state index contributed by atoms with van der Waals surface area (Å²) in [5.74, 6) is 1.57. The summed E-state index contributed by atoms with van der Waals surface area (Å²) in [4.78, 5) is 2.26. The van der Waals surface area contributed by atoms with Crippen LogP contribution in [0.25, 0.3) is 0 Å². The van der Waals surface area contributed by atoms with E-state index in [1.807, 2.05) is 18.2 Å². The molecule has 2 aliphatic heterocycles. The fraction of sp³-hybridized carbons (Fsp3) is 0.375. The summed E-state index contributed by atoms with van der Waals surface area (Å²) in [7, 11) is -3.33. The Labute approximate surface area is 157 Å². The summed E-state index contributed by atoms with van der Waals surface area (Å²) in [5.41, 5.74) is 1.15. The molecule has 0 aliphatic carbocycles. The maximum absolute atomic E-state index is 12.5. The Balaban J connectivity index is 0.00000182. The molecule has 0 amide bonds. The van der Waals surface area contributed by atoms with Gasteiger partial charge in [-0.2, -0.15) is 4.31 Å². The summed E-state index contributed by atoms with van der Waals surface area (Å²) in [5, 5.41) is 1.79. The Kier molecular flexibility index (Phi) is 5.55. The van der Waals surface area contributed by atoms with Crippen molar-refractivity contribution in [1.82, 2.24) is 9.21 Å². The molecule has 136 valence electrons. The van der Waals surface area contributed by atoms with Crippen LogP contribution >= 0.6 is 23.7 Å². The van der Waals surface area contributed by atoms with Crippen molar-refractivity contribution in [2.24, 2.45) is 0 Å². The summed E-state index contributed by atoms with van der Waals surface area (Å²) < 4.78 is 37.8. The van der Waals surface area contributed by atoms with E-state index in [-0.39, 0.29) is 19.2 Å². The Bertz CT molecular complexity index is 819. The Morgan fingerprint density at radius 1 is 1.04 bits per heavy atom. The third kappa shape index (κ3) is 3.78. The van der Waals surface area contributed by atoms with Gasteiger partial charge >= 0.3 is 0 Å². The Hall–Kier alpha value is -1.32. The number of fused-ring (bicyclic) bond motifs is 1. The minimum absolute atomic E-state index is 0. The second-order valence-corrected chi connectivity index (χ2v) is 8.91. The van der Waals surface area contributed by atoms with Crippen LogP contribution in [0.5, 0.6) is 11.5 Å². The first-order valence-corrected chi connectivity index (χ1v) is 10.1. The van der Waals surface area contributed by atoms with Gasteiger partial charge in [0.1, 0.15) is 4.21 Å². The van der Waals surface area contributed by atoms with Gasteiger partial charge in [0.25, 0.3) is 10.0 Å². The second-order valence-electron chi connectivity index (χ2n) is 5.80. The SMILES string of the molecule is Cl.O=S(=O)(c1cccs1)N1CCN(Cc2ccc3c(c2)OCO3)CC1. The minimum Gasteiger partial charge on any atom is -0.454 e. The normalized spacial score (nSPS) is 18.1. The lowest BCUT2D eigenvalue weighted by atomic mass is 10.2. The third-order valence-electron chi connectivity index (χ3n) is 4.26. The molecule has 1 aromatic heterocycles. The molecule has 0 spiro atoms. The smallest absolute Gasteiger partial charge is 0.252 e. The summed E-state index contributed by atoms with van der Waals surface area (Å²) in [6, 6.07) is 9.39. The standard InChI is InChI=1S/C16H18N2O4S2.ClH/c19-24(20,16-2-1-9-23-16)18-7-5-17(6-8-18)11-13-3-4-14-15(10-13)22-12-21-14;/h1-4,9-10H,5-8,11-12H2;1H. The molecule has 1 saturated heterocycles. The predicted octanol–water partition coefficient (Wildman–Crippen LogP) is 2.41. The van der Waals surface area contributed by atoms with Gasteiger partial charge in [-0.15, -0.1) is 23.7 Å². The molecular weight excluding hydrogens is 384 g/mol. The van der Waals surface area contributed by atoms with Crippen molar-refractivity contribution in [3.05, 3.63) is 41.3 Å². The first-order chi connectivity index (χ1) is 11.6. The van der Waals surface area contributed by atoms with E-state index in [2.05, 4.69) is 4.90 Å². The second kappa shape index (κ2) is 7.51. The molecule has 0 saturated carbocycles. The zero-order chi connectivity index (χ0) is 16.6. The zero-order valence-electron chi connectivity index (χ0n) is 13.5. The molecule has 0 atom stereocenters. The summed E-state index contributed by atoms with van der Waals surface area (Å²) in [6.07, 6.45) is 0. The highest BCUT2D eigenvalue weighted by atomic mass is 35.5. The van der Waals surface area contributed by atoms with Gasteiger partial charge in [0.2, 0.25) is 6.79 Å². The van der Waals surface area contributed by atoms with Crippen LogP contribution in [0.3, 0.4) is 0 Å². The van der Waals surface area contributed by atoms with Crippen LogP contribution in [0.1, 0.15) is 5.56 Å². The van der Waals surface area contributed by atoms with Crippen molar-refractivity contribution in [1.29, 1.82) is 0 Å². The van der Waals surface area contributed by atoms with Crippen molar-refractivity contribution in [2.45, 2.75) is 10.8 Å². The molecule has 0 N–H and O–H groups in total. The maximum Gasteiger partial charge on any atom is 0.252 e. The van der Waals surface area contributed by atoms with Gasteiger partial charge in [-0.05, 0) is 29.1 Å². The molecule has 25 heavy (non-hydrogen) atoms. The van der Waals surface area contributed by atoms with Gasteiger partial charge < -0.3 is 9.47 Å². The summed E-state index contributed by atoms with van der Waals surface area (Å²) >= 11 is 1.27. The first-order valence-electron chi connectivity index (χ1n) is 7.77. The fourth-order valence-corrected chi connectivity index (χ4v) is 5.53. The molecule has 4 rings (SSSR count). The minimum atomic E-state index is -3.33. The number of ether oxygens (including phenoxy) is 2. The highest BCUT2D eigenvalue weighted by Gasteiger charge is 2.29. The van der Waals surface area contributed by atoms with Crippen LogP contribution in [-0.4, -0.2) is 50.6 Å². The van der Waals surface area contributed by atoms with E-state index in [1.54, 1.807) is 21.8 Å². The molecule has 3 heterocycles. The van der Waals surface area contributed by atoms with Crippen LogP contribution < -0.4 is 9.47 Å². The molecule has 0 radical (unpaired) electrons. The van der Waals surface area contributed by atoms with Crippen molar-refractivity contribution in [2.75, 3.05) is 33.0 Å². The molecule has 2 aromatic rings. The van der Waals surface area contributed by atoms with E-state index < -0.39 is 10.0 Å². The monoisotopic (exact) mass is 402 g/mol. The van der Waals surface area contributed by atoms with Gasteiger partial charge in [-0.3, -0.25) is 4.90 Å². The molecule has 9 heteroatoms. The number of thiophene rings is 1. The number of piperazine rings is 1. The molecule has 0 bridgehead atoms. The number of benzene rings is 1.